The van der Waals surface area contributed by atoms with Crippen molar-refractivity contribution in [3.8, 4) is 17.2 Å². The van der Waals surface area contributed by atoms with Gasteiger partial charge >= 0.3 is 0 Å². The lowest BCUT2D eigenvalue weighted by Crippen LogP contribution is -2.14. The Morgan fingerprint density at radius 1 is 1.03 bits per heavy atom. The van der Waals surface area contributed by atoms with Crippen LogP contribution in [0.4, 0.5) is 5.82 Å². The molecule has 8 heteroatoms. The fourth-order valence-corrected chi connectivity index (χ4v) is 3.57. The summed E-state index contributed by atoms with van der Waals surface area (Å²) in [5.41, 5.74) is 2.00. The lowest BCUT2D eigenvalue weighted by Gasteiger charge is -2.17. The van der Waals surface area contributed by atoms with Crippen LogP contribution in [0.25, 0.3) is 10.9 Å². The van der Waals surface area contributed by atoms with Crippen LogP contribution >= 0.6 is 11.6 Å². The molecule has 0 radical (unpaired) electrons. The van der Waals surface area contributed by atoms with Crippen LogP contribution < -0.4 is 19.5 Å². The van der Waals surface area contributed by atoms with E-state index in [0.29, 0.717) is 51.2 Å². The normalized spacial score (nSPS) is 10.9. The number of fused-ring (bicyclic) bond motifs is 1. The Labute approximate surface area is 202 Å². The van der Waals surface area contributed by atoms with E-state index >= 15 is 0 Å². The highest BCUT2D eigenvalue weighted by Crippen LogP contribution is 2.35. The summed E-state index contributed by atoms with van der Waals surface area (Å²) in [6, 6.07) is 18.3. The van der Waals surface area contributed by atoms with Crippen LogP contribution in [0.15, 0.2) is 67.0 Å². The Bertz CT molecular complexity index is 1310. The molecule has 0 fully saturated rings. The Balaban J connectivity index is 1.67. The van der Waals surface area contributed by atoms with Gasteiger partial charge in [0, 0.05) is 17.7 Å². The first-order valence-corrected chi connectivity index (χ1v) is 11.1. The number of aromatic nitrogens is 2. The molecule has 1 N–H and O–H groups in total. The number of ether oxygens (including phenoxy) is 3. The van der Waals surface area contributed by atoms with Gasteiger partial charge in [-0.2, -0.15) is 0 Å². The van der Waals surface area contributed by atoms with E-state index in [2.05, 4.69) is 15.3 Å². The first-order valence-electron chi connectivity index (χ1n) is 10.7. The molecule has 1 aromatic heterocycles. The number of carbonyl (C=O) groups is 1. The molecule has 34 heavy (non-hydrogen) atoms. The molecule has 1 heterocycles. The zero-order valence-corrected chi connectivity index (χ0v) is 19.8. The maximum Gasteiger partial charge on any atom is 0.256 e. The summed E-state index contributed by atoms with van der Waals surface area (Å²) < 4.78 is 17.3. The van der Waals surface area contributed by atoms with Gasteiger partial charge in [0.1, 0.15) is 36.0 Å². The maximum atomic E-state index is 13.0. The first kappa shape index (κ1) is 23.3. The van der Waals surface area contributed by atoms with Crippen LogP contribution in [0, 0.1) is 0 Å². The van der Waals surface area contributed by atoms with Gasteiger partial charge in [0.2, 0.25) is 0 Å². The average molecular weight is 478 g/mol. The molecule has 0 spiro atoms. The second-order valence-corrected chi connectivity index (χ2v) is 8.19. The van der Waals surface area contributed by atoms with Crippen LogP contribution in [-0.4, -0.2) is 29.1 Å². The topological polar surface area (TPSA) is 82.6 Å². The number of halogens is 1. The van der Waals surface area contributed by atoms with Crippen molar-refractivity contribution in [2.75, 3.05) is 12.4 Å². The average Bonchev–Trinajstić information content (AvgIpc) is 2.83. The molecule has 0 saturated carbocycles. The van der Waals surface area contributed by atoms with Crippen molar-refractivity contribution in [2.45, 2.75) is 26.6 Å². The van der Waals surface area contributed by atoms with Gasteiger partial charge < -0.3 is 19.5 Å². The molecule has 0 aliphatic carbocycles. The summed E-state index contributed by atoms with van der Waals surface area (Å²) in [6.45, 7) is 4.25. The number of methoxy groups -OCH3 is 1. The molecule has 174 valence electrons. The number of nitrogens with one attached hydrogen (secondary N) is 1. The highest BCUT2D eigenvalue weighted by Gasteiger charge is 2.17. The van der Waals surface area contributed by atoms with Gasteiger partial charge in [0.15, 0.2) is 0 Å². The van der Waals surface area contributed by atoms with Crippen LogP contribution in [0.3, 0.4) is 0 Å². The van der Waals surface area contributed by atoms with Crippen LogP contribution in [0.5, 0.6) is 17.2 Å². The van der Waals surface area contributed by atoms with Crippen LogP contribution in [-0.2, 0) is 6.61 Å². The molecule has 3 aromatic carbocycles. The van der Waals surface area contributed by atoms with Gasteiger partial charge in [0.25, 0.3) is 5.91 Å². The Hall–Kier alpha value is -3.84. The van der Waals surface area contributed by atoms with Crippen molar-refractivity contribution < 1.29 is 19.0 Å². The summed E-state index contributed by atoms with van der Waals surface area (Å²) in [5, 5.41) is 3.85. The van der Waals surface area contributed by atoms with Gasteiger partial charge in [-0.25, -0.2) is 9.97 Å². The number of anilines is 1. The minimum absolute atomic E-state index is 0.114. The molecule has 4 aromatic rings. The summed E-state index contributed by atoms with van der Waals surface area (Å²) >= 11 is 6.08. The van der Waals surface area contributed by atoms with Crippen molar-refractivity contribution in [3.05, 3.63) is 83.1 Å². The number of carbonyl (C=O) groups excluding carboxylic acids is 1. The van der Waals surface area contributed by atoms with Gasteiger partial charge in [-0.1, -0.05) is 41.9 Å². The first-order chi connectivity index (χ1) is 16.4. The van der Waals surface area contributed by atoms with Crippen molar-refractivity contribution in [2.24, 2.45) is 0 Å². The summed E-state index contributed by atoms with van der Waals surface area (Å²) in [4.78, 5) is 21.6. The van der Waals surface area contributed by atoms with Crippen molar-refractivity contribution in [3.63, 3.8) is 0 Å². The van der Waals surface area contributed by atoms with E-state index < -0.39 is 0 Å². The Morgan fingerprint density at radius 3 is 2.56 bits per heavy atom. The Morgan fingerprint density at radius 2 is 1.82 bits per heavy atom. The van der Waals surface area contributed by atoms with Crippen LogP contribution in [0.2, 0.25) is 5.02 Å². The molecule has 0 saturated heterocycles. The number of nitrogens with zero attached hydrogens (tertiary/aromatic N) is 2. The highest BCUT2D eigenvalue weighted by atomic mass is 35.5. The van der Waals surface area contributed by atoms with E-state index in [9.17, 15) is 4.79 Å². The van der Waals surface area contributed by atoms with Crippen LogP contribution in [0.1, 0.15) is 29.8 Å². The number of hydrogen-bond donors (Lipinski definition) is 1. The fourth-order valence-electron chi connectivity index (χ4n) is 3.38. The quantitative estimate of drug-likeness (QED) is 0.339. The van der Waals surface area contributed by atoms with E-state index in [4.69, 9.17) is 25.8 Å². The van der Waals surface area contributed by atoms with Crippen molar-refractivity contribution in [1.29, 1.82) is 0 Å². The van der Waals surface area contributed by atoms with E-state index in [1.807, 2.05) is 44.2 Å². The minimum Gasteiger partial charge on any atom is -0.495 e. The van der Waals surface area contributed by atoms with Gasteiger partial charge in [-0.15, -0.1) is 0 Å². The van der Waals surface area contributed by atoms with E-state index in [1.165, 1.54) is 13.4 Å². The van der Waals surface area contributed by atoms with E-state index in [-0.39, 0.29) is 12.0 Å². The molecule has 4 rings (SSSR count). The molecule has 1 amide bonds. The molecule has 0 unspecified atom stereocenters. The van der Waals surface area contributed by atoms with Crippen molar-refractivity contribution in [1.82, 2.24) is 9.97 Å². The predicted molar refractivity (Wildman–Crippen MR) is 132 cm³/mol. The summed E-state index contributed by atoms with van der Waals surface area (Å²) in [6.07, 6.45) is 1.28. The third-order valence-electron chi connectivity index (χ3n) is 4.93. The fraction of sp³-hybridized carbons (Fsp3) is 0.192. The molecular formula is C26H24ClN3O4. The number of benzene rings is 3. The third-order valence-corrected chi connectivity index (χ3v) is 5.24. The second kappa shape index (κ2) is 10.4. The summed E-state index contributed by atoms with van der Waals surface area (Å²) in [7, 11) is 1.49. The highest BCUT2D eigenvalue weighted by molar-refractivity contribution is 6.32. The second-order valence-electron chi connectivity index (χ2n) is 7.78. The third kappa shape index (κ3) is 5.38. The Kier molecular flexibility index (Phi) is 7.13. The van der Waals surface area contributed by atoms with Gasteiger partial charge in [0.05, 0.1) is 29.1 Å². The SMILES string of the molecule is COc1cc(C(=O)Nc2ncnc3cc(OCc4ccccc4)cc(OC(C)C)c23)ccc1Cl. The van der Waals surface area contributed by atoms with Crippen molar-refractivity contribution >= 4 is 34.2 Å². The number of amides is 1. The molecular weight excluding hydrogens is 454 g/mol. The molecule has 0 aliphatic heterocycles. The predicted octanol–water partition coefficient (Wildman–Crippen LogP) is 5.91. The zero-order valence-electron chi connectivity index (χ0n) is 19.0. The lowest BCUT2D eigenvalue weighted by molar-refractivity contribution is 0.102. The molecule has 7 nitrogen and oxygen atoms in total. The molecule has 0 aliphatic rings. The number of hydrogen-bond acceptors (Lipinski definition) is 6. The van der Waals surface area contributed by atoms with Gasteiger partial charge in [-0.3, -0.25) is 4.79 Å². The standard InChI is InChI=1S/C26H24ClN3O4/c1-16(2)34-23-13-19(33-14-17-7-5-4-6-8-17)12-21-24(23)25(29-15-28-21)30-26(31)18-9-10-20(27)22(11-18)32-3/h4-13,15-16H,14H2,1-3H3,(H,28,29,30,31). The number of rotatable bonds is 8. The van der Waals surface area contributed by atoms with E-state index in [1.54, 1.807) is 30.3 Å². The van der Waals surface area contributed by atoms with E-state index in [0.717, 1.165) is 5.56 Å². The molecule has 0 atom stereocenters. The summed E-state index contributed by atoms with van der Waals surface area (Å²) in [5.74, 6) is 1.49. The van der Waals surface area contributed by atoms with Gasteiger partial charge in [-0.05, 0) is 37.6 Å². The lowest BCUT2D eigenvalue weighted by atomic mass is 10.1. The maximum absolute atomic E-state index is 13.0. The smallest absolute Gasteiger partial charge is 0.256 e. The largest absolute Gasteiger partial charge is 0.495 e. The molecule has 0 bridgehead atoms. The minimum atomic E-state index is -0.366. The monoisotopic (exact) mass is 477 g/mol. The zero-order chi connectivity index (χ0) is 24.1.